The Morgan fingerprint density at radius 2 is 1.94 bits per heavy atom. The molecule has 0 bridgehead atoms. The number of hydrogen-bond donors (Lipinski definition) is 3. The molecular formula is C12H24N2O3S. The van der Waals surface area contributed by atoms with Gasteiger partial charge in [0.05, 0.1) is 6.04 Å². The van der Waals surface area contributed by atoms with Gasteiger partial charge in [-0.1, -0.05) is 12.8 Å². The Kier molecular flexibility index (Phi) is 10.9. The summed E-state index contributed by atoms with van der Waals surface area (Å²) in [7, 11) is 0. The molecule has 0 saturated carbocycles. The first-order chi connectivity index (χ1) is 8.57. The molecule has 0 radical (unpaired) electrons. The molecule has 1 amide bonds. The van der Waals surface area contributed by atoms with Gasteiger partial charge in [0.25, 0.3) is 0 Å². The van der Waals surface area contributed by atoms with E-state index in [1.165, 1.54) is 0 Å². The van der Waals surface area contributed by atoms with Gasteiger partial charge in [0, 0.05) is 13.0 Å². The van der Waals surface area contributed by atoms with Gasteiger partial charge < -0.3 is 16.2 Å². The molecule has 0 aliphatic heterocycles. The van der Waals surface area contributed by atoms with Gasteiger partial charge in [-0.25, -0.2) is 0 Å². The van der Waals surface area contributed by atoms with Crippen molar-refractivity contribution in [1.82, 2.24) is 5.32 Å². The molecule has 0 aromatic carbocycles. The zero-order chi connectivity index (χ0) is 13.8. The van der Waals surface area contributed by atoms with E-state index in [0.29, 0.717) is 19.4 Å². The maximum absolute atomic E-state index is 11.5. The van der Waals surface area contributed by atoms with Crippen molar-refractivity contribution in [2.24, 2.45) is 5.73 Å². The van der Waals surface area contributed by atoms with Crippen LogP contribution >= 0.6 is 11.8 Å². The van der Waals surface area contributed by atoms with Crippen LogP contribution < -0.4 is 11.1 Å². The van der Waals surface area contributed by atoms with Crippen LogP contribution in [0.3, 0.4) is 0 Å². The third-order valence-electron chi connectivity index (χ3n) is 2.59. The van der Waals surface area contributed by atoms with Crippen molar-refractivity contribution in [3.8, 4) is 0 Å². The summed E-state index contributed by atoms with van der Waals surface area (Å²) < 4.78 is 0. The van der Waals surface area contributed by atoms with Crippen molar-refractivity contribution in [2.45, 2.75) is 44.6 Å². The minimum Gasteiger partial charge on any atom is -0.481 e. The zero-order valence-corrected chi connectivity index (χ0v) is 11.8. The fraction of sp³-hybridized carbons (Fsp3) is 0.833. The first-order valence-corrected chi connectivity index (χ1v) is 7.71. The second-order valence-electron chi connectivity index (χ2n) is 4.24. The standard InChI is InChI=1S/C12H24N2O3S/c1-18-9-7-10(13)12(17)14-8-5-3-2-4-6-11(15)16/h10H,2-9,13H2,1H3,(H,14,17)(H,15,16)/t10-/m0/s1. The number of carbonyl (C=O) groups is 2. The number of amides is 1. The summed E-state index contributed by atoms with van der Waals surface area (Å²) in [4.78, 5) is 21.8. The van der Waals surface area contributed by atoms with Crippen LogP contribution in [0.2, 0.25) is 0 Å². The van der Waals surface area contributed by atoms with Gasteiger partial charge in [-0.2, -0.15) is 11.8 Å². The molecule has 0 unspecified atom stereocenters. The largest absolute Gasteiger partial charge is 0.481 e. The van der Waals surface area contributed by atoms with Crippen molar-refractivity contribution in [3.63, 3.8) is 0 Å². The van der Waals surface area contributed by atoms with E-state index in [9.17, 15) is 9.59 Å². The number of carbonyl (C=O) groups excluding carboxylic acids is 1. The molecule has 0 aromatic heterocycles. The summed E-state index contributed by atoms with van der Waals surface area (Å²) in [5.74, 6) is 0.0571. The molecule has 0 rings (SSSR count). The minimum absolute atomic E-state index is 0.0883. The number of carboxylic acid groups (broad SMARTS) is 1. The van der Waals surface area contributed by atoms with Gasteiger partial charge >= 0.3 is 5.97 Å². The lowest BCUT2D eigenvalue weighted by Crippen LogP contribution is -2.41. The molecular weight excluding hydrogens is 252 g/mol. The average Bonchev–Trinajstić information content (AvgIpc) is 2.34. The molecule has 106 valence electrons. The molecule has 6 heteroatoms. The maximum Gasteiger partial charge on any atom is 0.303 e. The summed E-state index contributed by atoms with van der Waals surface area (Å²) in [5.41, 5.74) is 5.71. The number of nitrogens with two attached hydrogens (primary N) is 1. The van der Waals surface area contributed by atoms with Crippen LogP contribution in [0.5, 0.6) is 0 Å². The molecule has 0 spiro atoms. The molecule has 0 fully saturated rings. The van der Waals surface area contributed by atoms with E-state index in [2.05, 4.69) is 5.32 Å². The SMILES string of the molecule is CSCC[C@H](N)C(=O)NCCCCCCC(=O)O. The predicted octanol–water partition coefficient (Wildman–Crippen LogP) is 1.22. The summed E-state index contributed by atoms with van der Waals surface area (Å²) >= 11 is 1.68. The Hall–Kier alpha value is -0.750. The van der Waals surface area contributed by atoms with Crippen molar-refractivity contribution in [1.29, 1.82) is 0 Å². The van der Waals surface area contributed by atoms with Gasteiger partial charge in [-0.15, -0.1) is 0 Å². The molecule has 0 heterocycles. The van der Waals surface area contributed by atoms with Gasteiger partial charge in [0.1, 0.15) is 0 Å². The summed E-state index contributed by atoms with van der Waals surface area (Å²) in [5, 5.41) is 11.2. The van der Waals surface area contributed by atoms with Crippen LogP contribution in [-0.4, -0.2) is 41.6 Å². The predicted molar refractivity (Wildman–Crippen MR) is 74.7 cm³/mol. The Balaban J connectivity index is 3.37. The number of hydrogen-bond acceptors (Lipinski definition) is 4. The maximum atomic E-state index is 11.5. The highest BCUT2D eigenvalue weighted by atomic mass is 32.2. The average molecular weight is 276 g/mol. The quantitative estimate of drug-likeness (QED) is 0.493. The Morgan fingerprint density at radius 3 is 2.56 bits per heavy atom. The molecule has 0 aliphatic rings. The molecule has 0 saturated heterocycles. The smallest absolute Gasteiger partial charge is 0.303 e. The third kappa shape index (κ3) is 10.4. The molecule has 18 heavy (non-hydrogen) atoms. The molecule has 0 aromatic rings. The Bertz CT molecular complexity index is 249. The number of carboxylic acids is 1. The van der Waals surface area contributed by atoms with Crippen LogP contribution in [-0.2, 0) is 9.59 Å². The fourth-order valence-corrected chi connectivity index (χ4v) is 1.96. The van der Waals surface area contributed by atoms with Crippen LogP contribution in [0.1, 0.15) is 38.5 Å². The van der Waals surface area contributed by atoms with Crippen molar-refractivity contribution in [3.05, 3.63) is 0 Å². The van der Waals surface area contributed by atoms with E-state index in [0.717, 1.165) is 25.0 Å². The van der Waals surface area contributed by atoms with Gasteiger partial charge in [-0.05, 0) is 31.3 Å². The van der Waals surface area contributed by atoms with E-state index < -0.39 is 12.0 Å². The highest BCUT2D eigenvalue weighted by Gasteiger charge is 2.11. The second kappa shape index (κ2) is 11.3. The lowest BCUT2D eigenvalue weighted by atomic mass is 10.1. The van der Waals surface area contributed by atoms with E-state index in [4.69, 9.17) is 10.8 Å². The lowest BCUT2D eigenvalue weighted by molar-refractivity contribution is -0.137. The first-order valence-electron chi connectivity index (χ1n) is 6.32. The van der Waals surface area contributed by atoms with Crippen LogP contribution in [0.15, 0.2) is 0 Å². The minimum atomic E-state index is -0.747. The van der Waals surface area contributed by atoms with Crippen LogP contribution in [0.4, 0.5) is 0 Å². The topological polar surface area (TPSA) is 92.4 Å². The van der Waals surface area contributed by atoms with Gasteiger partial charge in [-0.3, -0.25) is 9.59 Å². The van der Waals surface area contributed by atoms with Crippen LogP contribution in [0, 0.1) is 0 Å². The van der Waals surface area contributed by atoms with E-state index >= 15 is 0 Å². The summed E-state index contributed by atoms with van der Waals surface area (Å²) in [6.07, 6.45) is 6.32. The molecule has 5 nitrogen and oxygen atoms in total. The van der Waals surface area contributed by atoms with Crippen LogP contribution in [0.25, 0.3) is 0 Å². The number of nitrogens with one attached hydrogen (secondary N) is 1. The van der Waals surface area contributed by atoms with Crippen molar-refractivity contribution in [2.75, 3.05) is 18.6 Å². The summed E-state index contributed by atoms with van der Waals surface area (Å²) in [6, 6.07) is -0.413. The highest BCUT2D eigenvalue weighted by Crippen LogP contribution is 2.02. The number of aliphatic carboxylic acids is 1. The Labute approximate surface area is 113 Å². The molecule has 0 aliphatic carbocycles. The number of unbranched alkanes of at least 4 members (excludes halogenated alkanes) is 3. The normalized spacial score (nSPS) is 12.1. The van der Waals surface area contributed by atoms with Gasteiger partial charge in [0.15, 0.2) is 0 Å². The molecule has 1 atom stereocenters. The van der Waals surface area contributed by atoms with E-state index in [1.54, 1.807) is 11.8 Å². The van der Waals surface area contributed by atoms with E-state index in [-0.39, 0.29) is 12.3 Å². The number of thioether (sulfide) groups is 1. The lowest BCUT2D eigenvalue weighted by Gasteiger charge is -2.11. The second-order valence-corrected chi connectivity index (χ2v) is 5.22. The Morgan fingerprint density at radius 1 is 1.28 bits per heavy atom. The van der Waals surface area contributed by atoms with Crippen molar-refractivity contribution >= 4 is 23.6 Å². The molecule has 4 N–H and O–H groups in total. The van der Waals surface area contributed by atoms with E-state index in [1.807, 2.05) is 6.26 Å². The zero-order valence-electron chi connectivity index (χ0n) is 11.0. The number of rotatable bonds is 11. The highest BCUT2D eigenvalue weighted by molar-refractivity contribution is 7.98. The monoisotopic (exact) mass is 276 g/mol. The van der Waals surface area contributed by atoms with Gasteiger partial charge in [0.2, 0.25) is 5.91 Å². The van der Waals surface area contributed by atoms with Crippen molar-refractivity contribution < 1.29 is 14.7 Å². The first kappa shape index (κ1) is 17.2. The third-order valence-corrected chi connectivity index (χ3v) is 3.23. The fourth-order valence-electron chi connectivity index (χ4n) is 1.47. The summed E-state index contributed by atoms with van der Waals surface area (Å²) in [6.45, 7) is 0.624.